The van der Waals surface area contributed by atoms with E-state index in [4.69, 9.17) is 9.47 Å². The second-order valence-electron chi connectivity index (χ2n) is 10.8. The van der Waals surface area contributed by atoms with Crippen molar-refractivity contribution in [2.45, 2.75) is 50.6 Å². The van der Waals surface area contributed by atoms with Crippen LogP contribution in [0.2, 0.25) is 0 Å². The number of hydrogen-bond donors (Lipinski definition) is 0. The Morgan fingerprint density at radius 3 is 1.19 bits per heavy atom. The molecular weight excluding hydrogens is 522 g/mol. The van der Waals surface area contributed by atoms with Gasteiger partial charge < -0.3 is 9.47 Å². The Balaban J connectivity index is 1.92. The van der Waals surface area contributed by atoms with Gasteiger partial charge in [-0.1, -0.05) is 74.5 Å². The van der Waals surface area contributed by atoms with Crippen molar-refractivity contribution in [2.24, 2.45) is 0 Å². The lowest BCUT2D eigenvalue weighted by Gasteiger charge is -2.51. The Morgan fingerprint density at radius 1 is 0.571 bits per heavy atom. The van der Waals surface area contributed by atoms with E-state index in [9.17, 15) is 9.59 Å². The van der Waals surface area contributed by atoms with E-state index in [1.165, 1.54) is 0 Å². The van der Waals surface area contributed by atoms with Crippen molar-refractivity contribution in [3.63, 3.8) is 0 Å². The molecule has 0 fully saturated rings. The van der Waals surface area contributed by atoms with Crippen LogP contribution >= 0.6 is 0 Å². The highest BCUT2D eigenvalue weighted by Crippen LogP contribution is 2.39. The number of ether oxygens (including phenoxy) is 2. The summed E-state index contributed by atoms with van der Waals surface area (Å²) in [6, 6.07) is 34.7. The number of benzene rings is 4. The fraction of sp³-hybridized carbons (Fsp3) is 0.297. The van der Waals surface area contributed by atoms with E-state index in [0.717, 1.165) is 11.1 Å². The van der Waals surface area contributed by atoms with Gasteiger partial charge in [-0.25, -0.2) is 0 Å². The van der Waals surface area contributed by atoms with Gasteiger partial charge in [0.25, 0.3) is 0 Å². The van der Waals surface area contributed by atoms with Crippen molar-refractivity contribution < 1.29 is 19.1 Å². The third-order valence-corrected chi connectivity index (χ3v) is 8.68. The molecule has 4 aromatic carbocycles. The van der Waals surface area contributed by atoms with Gasteiger partial charge in [0.1, 0.15) is 11.5 Å². The summed E-state index contributed by atoms with van der Waals surface area (Å²) in [6.07, 6.45) is 1.93. The van der Waals surface area contributed by atoms with E-state index in [1.54, 1.807) is 14.2 Å². The van der Waals surface area contributed by atoms with Gasteiger partial charge in [0.15, 0.2) is 11.6 Å². The fourth-order valence-electron chi connectivity index (χ4n) is 6.05. The lowest BCUT2D eigenvalue weighted by Crippen LogP contribution is -2.67. The maximum Gasteiger partial charge on any atom is 0.183 e. The van der Waals surface area contributed by atoms with Crippen LogP contribution in [0.3, 0.4) is 0 Å². The zero-order valence-electron chi connectivity index (χ0n) is 25.3. The molecule has 0 saturated heterocycles. The molecule has 5 heteroatoms. The minimum Gasteiger partial charge on any atom is -0.497 e. The summed E-state index contributed by atoms with van der Waals surface area (Å²) in [4.78, 5) is 31.7. The first-order chi connectivity index (χ1) is 20.3. The number of likely N-dealkylation sites (N-methyl/N-ethyl adjacent to an activating group) is 1. The largest absolute Gasteiger partial charge is 0.497 e. The van der Waals surface area contributed by atoms with Crippen LogP contribution in [0.4, 0.5) is 0 Å². The molecule has 0 aromatic heterocycles. The van der Waals surface area contributed by atoms with Crippen molar-refractivity contribution in [1.29, 1.82) is 0 Å². The van der Waals surface area contributed by atoms with Crippen molar-refractivity contribution >= 4 is 11.6 Å². The summed E-state index contributed by atoms with van der Waals surface area (Å²) in [6.45, 7) is 4.09. The monoisotopic (exact) mass is 563 g/mol. The minimum absolute atomic E-state index is 0.0209. The van der Waals surface area contributed by atoms with Crippen molar-refractivity contribution in [2.75, 3.05) is 21.3 Å². The zero-order chi connectivity index (χ0) is 30.2. The van der Waals surface area contributed by atoms with Gasteiger partial charge in [0.2, 0.25) is 0 Å². The van der Waals surface area contributed by atoms with Crippen LogP contribution in [-0.2, 0) is 12.8 Å². The first-order valence-electron chi connectivity index (χ1n) is 14.5. The quantitative estimate of drug-likeness (QED) is 0.149. The Morgan fingerprint density at radius 2 is 0.905 bits per heavy atom. The van der Waals surface area contributed by atoms with Gasteiger partial charge in [-0.3, -0.25) is 14.5 Å². The minimum atomic E-state index is -1.01. The van der Waals surface area contributed by atoms with Gasteiger partial charge in [0.05, 0.1) is 25.3 Å². The number of nitrogens with zero attached hydrogens (tertiary/aromatic N) is 1. The average molecular weight is 564 g/mol. The van der Waals surface area contributed by atoms with Crippen LogP contribution < -0.4 is 9.47 Å². The van der Waals surface area contributed by atoms with Crippen molar-refractivity contribution in [3.8, 4) is 11.5 Å². The van der Waals surface area contributed by atoms with E-state index < -0.39 is 11.1 Å². The average Bonchev–Trinajstić information content (AvgIpc) is 3.06. The van der Waals surface area contributed by atoms with E-state index in [-0.39, 0.29) is 11.6 Å². The molecule has 0 radical (unpaired) electrons. The summed E-state index contributed by atoms with van der Waals surface area (Å²) in [5, 5.41) is 0. The molecule has 0 aliphatic rings. The SMILES string of the molecule is CCC(Cc1ccccc1)(C(=O)c1ccc(OC)cc1)N(C)C(CC)(Cc1ccccc1)C(=O)c1ccc(OC)cc1. The summed E-state index contributed by atoms with van der Waals surface area (Å²) < 4.78 is 10.7. The molecule has 218 valence electrons. The lowest BCUT2D eigenvalue weighted by molar-refractivity contribution is 0.00669. The topological polar surface area (TPSA) is 55.8 Å². The maximum atomic E-state index is 14.8. The first-order valence-corrected chi connectivity index (χ1v) is 14.5. The Bertz CT molecular complexity index is 1340. The van der Waals surface area contributed by atoms with Crippen LogP contribution in [0, 0.1) is 0 Å². The number of rotatable bonds is 14. The van der Waals surface area contributed by atoms with Gasteiger partial charge >= 0.3 is 0 Å². The highest BCUT2D eigenvalue weighted by molar-refractivity contribution is 6.07. The third-order valence-electron chi connectivity index (χ3n) is 8.68. The molecule has 2 unspecified atom stereocenters. The zero-order valence-corrected chi connectivity index (χ0v) is 25.3. The second kappa shape index (κ2) is 13.6. The molecule has 4 aromatic rings. The molecule has 0 aliphatic carbocycles. The standard InChI is InChI=1S/C37H41NO4/c1-6-36(26-28-14-10-8-11-15-28,34(39)30-18-22-32(41-4)23-19-30)38(3)37(7-2,27-29-16-12-9-13-17-29)35(40)31-20-24-33(42-5)25-21-31/h8-25H,6-7,26-27H2,1-5H3. The molecule has 4 rings (SSSR count). The molecule has 0 N–H and O–H groups in total. The molecular formula is C37H41NO4. The molecule has 0 saturated carbocycles. The molecule has 5 nitrogen and oxygen atoms in total. The molecule has 0 amide bonds. The molecule has 2 atom stereocenters. The highest BCUT2D eigenvalue weighted by atomic mass is 16.5. The maximum absolute atomic E-state index is 14.8. The number of hydrogen-bond acceptors (Lipinski definition) is 5. The van der Waals surface area contributed by atoms with E-state index in [2.05, 4.69) is 29.2 Å². The van der Waals surface area contributed by atoms with E-state index in [1.807, 2.05) is 106 Å². The summed E-state index contributed by atoms with van der Waals surface area (Å²) in [5.41, 5.74) is 1.22. The Hall–Kier alpha value is -4.22. The van der Waals surface area contributed by atoms with Crippen molar-refractivity contribution in [1.82, 2.24) is 4.90 Å². The van der Waals surface area contributed by atoms with Gasteiger partial charge in [-0.05, 0) is 92.4 Å². The Kier molecular flexibility index (Phi) is 9.97. The van der Waals surface area contributed by atoms with Crippen LogP contribution in [0.5, 0.6) is 11.5 Å². The van der Waals surface area contributed by atoms with Crippen LogP contribution in [0.1, 0.15) is 58.5 Å². The molecule has 42 heavy (non-hydrogen) atoms. The van der Waals surface area contributed by atoms with Gasteiger partial charge in [-0.15, -0.1) is 0 Å². The predicted molar refractivity (Wildman–Crippen MR) is 169 cm³/mol. The van der Waals surface area contributed by atoms with Gasteiger partial charge in [-0.2, -0.15) is 0 Å². The molecule has 0 bridgehead atoms. The lowest BCUT2D eigenvalue weighted by atomic mass is 9.72. The fourth-order valence-corrected chi connectivity index (χ4v) is 6.05. The van der Waals surface area contributed by atoms with E-state index in [0.29, 0.717) is 48.3 Å². The summed E-state index contributed by atoms with van der Waals surface area (Å²) in [7, 11) is 5.18. The van der Waals surface area contributed by atoms with Crippen LogP contribution in [0.25, 0.3) is 0 Å². The highest BCUT2D eigenvalue weighted by Gasteiger charge is 2.52. The first kappa shape index (κ1) is 30.7. The Labute approximate surface area is 250 Å². The second-order valence-corrected chi connectivity index (χ2v) is 10.8. The summed E-state index contributed by atoms with van der Waals surface area (Å²) >= 11 is 0. The third kappa shape index (κ3) is 6.17. The molecule has 0 aliphatic heterocycles. The smallest absolute Gasteiger partial charge is 0.183 e. The van der Waals surface area contributed by atoms with E-state index >= 15 is 0 Å². The van der Waals surface area contributed by atoms with Crippen molar-refractivity contribution in [3.05, 3.63) is 131 Å². The van der Waals surface area contributed by atoms with Crippen LogP contribution in [-0.4, -0.2) is 48.8 Å². The van der Waals surface area contributed by atoms with Crippen LogP contribution in [0.15, 0.2) is 109 Å². The number of methoxy groups -OCH3 is 2. The number of carbonyl (C=O) groups excluding carboxylic acids is 2. The number of carbonyl (C=O) groups is 2. The number of Topliss-reactive ketones (excluding diaryl/α,β-unsaturated/α-hetero) is 2. The summed E-state index contributed by atoms with van der Waals surface area (Å²) in [5.74, 6) is 1.33. The molecule has 0 spiro atoms. The number of ketones is 2. The predicted octanol–water partition coefficient (Wildman–Crippen LogP) is 7.48. The normalized spacial score (nSPS) is 14.0. The van der Waals surface area contributed by atoms with Gasteiger partial charge in [0, 0.05) is 11.1 Å². The molecule has 0 heterocycles.